The van der Waals surface area contributed by atoms with Gasteiger partial charge in [0, 0.05) is 0 Å². The predicted molar refractivity (Wildman–Crippen MR) is 98.5 cm³/mol. The van der Waals surface area contributed by atoms with Crippen LogP contribution in [0, 0.1) is 0 Å². The molecule has 0 heteroatoms. The maximum absolute atomic E-state index is 4.13. The van der Waals surface area contributed by atoms with Crippen molar-refractivity contribution in [3.63, 3.8) is 0 Å². The molecule has 0 heterocycles. The van der Waals surface area contributed by atoms with E-state index < -0.39 is 0 Å². The van der Waals surface area contributed by atoms with Gasteiger partial charge in [-0.2, -0.15) is 0 Å². The van der Waals surface area contributed by atoms with E-state index in [0.29, 0.717) is 0 Å². The summed E-state index contributed by atoms with van der Waals surface area (Å²) in [5.41, 5.74) is 4.60. The summed E-state index contributed by atoms with van der Waals surface area (Å²) in [6.07, 6.45) is 10.2. The van der Waals surface area contributed by atoms with Gasteiger partial charge in [-0.1, -0.05) is 98.1 Å². The standard InChI is InChI=1S/C22H22/c1-19(11-9-17-21-13-5-3-6-14-21)20(2)12-10-18-22-15-7-4-8-16-22/h3-10,13-18H,1-2,11-12H2/b17-9+,18-10+. The first-order valence-corrected chi connectivity index (χ1v) is 7.55. The van der Waals surface area contributed by atoms with Gasteiger partial charge in [0.25, 0.3) is 0 Å². The summed E-state index contributed by atoms with van der Waals surface area (Å²) >= 11 is 0. The van der Waals surface area contributed by atoms with Crippen LogP contribution in [0.15, 0.2) is 97.1 Å². The van der Waals surface area contributed by atoms with Gasteiger partial charge < -0.3 is 0 Å². The summed E-state index contributed by atoms with van der Waals surface area (Å²) in [6.45, 7) is 8.25. The summed E-state index contributed by atoms with van der Waals surface area (Å²) < 4.78 is 0. The van der Waals surface area contributed by atoms with Crippen molar-refractivity contribution in [1.82, 2.24) is 0 Å². The van der Waals surface area contributed by atoms with E-state index in [1.54, 1.807) is 0 Å². The van der Waals surface area contributed by atoms with E-state index in [1.165, 1.54) is 11.1 Å². The van der Waals surface area contributed by atoms with Gasteiger partial charge in [-0.3, -0.25) is 0 Å². The summed E-state index contributed by atoms with van der Waals surface area (Å²) in [7, 11) is 0. The van der Waals surface area contributed by atoms with E-state index in [1.807, 2.05) is 36.4 Å². The SMILES string of the molecule is C=C(C/C=C/c1ccccc1)C(=C)C/C=C/c1ccccc1. The molecule has 0 spiro atoms. The maximum atomic E-state index is 4.13. The predicted octanol–water partition coefficient (Wildman–Crippen LogP) is 6.31. The molecule has 0 nitrogen and oxygen atoms in total. The van der Waals surface area contributed by atoms with Crippen LogP contribution >= 0.6 is 0 Å². The molecule has 0 N–H and O–H groups in total. The molecule has 2 rings (SSSR count). The van der Waals surface area contributed by atoms with Gasteiger partial charge in [0.05, 0.1) is 0 Å². The molecule has 0 aliphatic heterocycles. The second-order valence-corrected chi connectivity index (χ2v) is 5.24. The molecule has 0 aliphatic carbocycles. The summed E-state index contributed by atoms with van der Waals surface area (Å²) in [5, 5.41) is 0. The molecular formula is C22H22. The summed E-state index contributed by atoms with van der Waals surface area (Å²) in [6, 6.07) is 20.6. The van der Waals surface area contributed by atoms with Gasteiger partial charge in [-0.15, -0.1) is 0 Å². The van der Waals surface area contributed by atoms with Crippen LogP contribution in [0.2, 0.25) is 0 Å². The first kappa shape index (κ1) is 15.8. The highest BCUT2D eigenvalue weighted by atomic mass is 14.0. The Morgan fingerprint density at radius 2 is 1.00 bits per heavy atom. The van der Waals surface area contributed by atoms with Gasteiger partial charge in [0.15, 0.2) is 0 Å². The molecule has 0 saturated carbocycles. The Labute approximate surface area is 133 Å². The molecule has 0 saturated heterocycles. The van der Waals surface area contributed by atoms with Crippen LogP contribution in [0.3, 0.4) is 0 Å². The molecule has 2 aromatic rings. The first-order valence-electron chi connectivity index (χ1n) is 7.55. The molecule has 0 unspecified atom stereocenters. The van der Waals surface area contributed by atoms with Gasteiger partial charge in [-0.05, 0) is 35.1 Å². The lowest BCUT2D eigenvalue weighted by Gasteiger charge is -2.04. The number of hydrogen-bond acceptors (Lipinski definition) is 0. The lowest BCUT2D eigenvalue weighted by molar-refractivity contribution is 1.16. The van der Waals surface area contributed by atoms with Crippen molar-refractivity contribution in [3.8, 4) is 0 Å². The van der Waals surface area contributed by atoms with Gasteiger partial charge >= 0.3 is 0 Å². The Morgan fingerprint density at radius 3 is 1.36 bits per heavy atom. The zero-order valence-corrected chi connectivity index (χ0v) is 12.9. The van der Waals surface area contributed by atoms with E-state index in [9.17, 15) is 0 Å². The molecule has 0 atom stereocenters. The van der Waals surface area contributed by atoms with E-state index in [-0.39, 0.29) is 0 Å². The average Bonchev–Trinajstić information content (AvgIpc) is 2.56. The molecule has 110 valence electrons. The largest absolute Gasteiger partial charge is 0.0953 e. The molecule has 22 heavy (non-hydrogen) atoms. The Balaban J connectivity index is 1.79. The van der Waals surface area contributed by atoms with Crippen molar-refractivity contribution in [2.75, 3.05) is 0 Å². The van der Waals surface area contributed by atoms with E-state index in [0.717, 1.165) is 24.0 Å². The normalized spacial score (nSPS) is 11.1. The van der Waals surface area contributed by atoms with E-state index in [2.05, 4.69) is 61.7 Å². The van der Waals surface area contributed by atoms with Crippen LogP contribution in [0.25, 0.3) is 12.2 Å². The highest BCUT2D eigenvalue weighted by Gasteiger charge is 1.96. The molecule has 0 radical (unpaired) electrons. The van der Waals surface area contributed by atoms with Crippen LogP contribution in [-0.4, -0.2) is 0 Å². The fraction of sp³-hybridized carbons (Fsp3) is 0.0909. The van der Waals surface area contributed by atoms with Gasteiger partial charge in [0.1, 0.15) is 0 Å². The Bertz CT molecular complexity index is 596. The average molecular weight is 286 g/mol. The number of allylic oxidation sites excluding steroid dienone is 4. The van der Waals surface area contributed by atoms with Crippen molar-refractivity contribution in [2.24, 2.45) is 0 Å². The molecular weight excluding hydrogens is 264 g/mol. The molecule has 0 aromatic heterocycles. The molecule has 0 fully saturated rings. The smallest absolute Gasteiger partial charge is 0.00974 e. The molecule has 2 aromatic carbocycles. The Kier molecular flexibility index (Phi) is 6.19. The summed E-state index contributed by atoms with van der Waals surface area (Å²) in [5.74, 6) is 0. The second kappa shape index (κ2) is 8.63. The summed E-state index contributed by atoms with van der Waals surface area (Å²) in [4.78, 5) is 0. The minimum Gasteiger partial charge on any atom is -0.0953 e. The van der Waals surface area contributed by atoms with Crippen LogP contribution in [-0.2, 0) is 0 Å². The first-order chi connectivity index (χ1) is 10.8. The van der Waals surface area contributed by atoms with E-state index in [4.69, 9.17) is 0 Å². The van der Waals surface area contributed by atoms with Crippen LogP contribution in [0.5, 0.6) is 0 Å². The Hall–Kier alpha value is -2.60. The zero-order valence-electron chi connectivity index (χ0n) is 12.9. The Morgan fingerprint density at radius 1 is 0.636 bits per heavy atom. The number of rotatable bonds is 7. The van der Waals surface area contributed by atoms with Crippen molar-refractivity contribution in [2.45, 2.75) is 12.8 Å². The van der Waals surface area contributed by atoms with Crippen LogP contribution in [0.4, 0.5) is 0 Å². The van der Waals surface area contributed by atoms with Crippen LogP contribution in [0.1, 0.15) is 24.0 Å². The molecule has 0 aliphatic rings. The topological polar surface area (TPSA) is 0 Å². The quantitative estimate of drug-likeness (QED) is 0.523. The van der Waals surface area contributed by atoms with E-state index >= 15 is 0 Å². The highest BCUT2D eigenvalue weighted by Crippen LogP contribution is 2.16. The van der Waals surface area contributed by atoms with Gasteiger partial charge in [0.2, 0.25) is 0 Å². The third kappa shape index (κ3) is 5.41. The third-order valence-electron chi connectivity index (χ3n) is 3.45. The maximum Gasteiger partial charge on any atom is -0.00974 e. The highest BCUT2D eigenvalue weighted by molar-refractivity contribution is 5.51. The number of hydrogen-bond donors (Lipinski definition) is 0. The minimum absolute atomic E-state index is 0.840. The lowest BCUT2D eigenvalue weighted by Crippen LogP contribution is -1.84. The van der Waals surface area contributed by atoms with Crippen molar-refractivity contribution in [3.05, 3.63) is 108 Å². The fourth-order valence-corrected chi connectivity index (χ4v) is 2.09. The number of benzene rings is 2. The minimum atomic E-state index is 0.840. The zero-order chi connectivity index (χ0) is 15.6. The van der Waals surface area contributed by atoms with Crippen molar-refractivity contribution in [1.29, 1.82) is 0 Å². The third-order valence-corrected chi connectivity index (χ3v) is 3.45. The molecule has 0 amide bonds. The lowest BCUT2D eigenvalue weighted by atomic mass is 10.0. The monoisotopic (exact) mass is 286 g/mol. The fourth-order valence-electron chi connectivity index (χ4n) is 2.09. The van der Waals surface area contributed by atoms with Gasteiger partial charge in [-0.25, -0.2) is 0 Å². The van der Waals surface area contributed by atoms with Crippen molar-refractivity contribution >= 4 is 12.2 Å². The van der Waals surface area contributed by atoms with Crippen LogP contribution < -0.4 is 0 Å². The van der Waals surface area contributed by atoms with Crippen molar-refractivity contribution < 1.29 is 0 Å². The molecule has 0 bridgehead atoms. The second-order valence-electron chi connectivity index (χ2n) is 5.24.